The molecule has 7 heteroatoms. The first-order chi connectivity index (χ1) is 6.84. The maximum Gasteiger partial charge on any atom is 0.320 e. The monoisotopic (exact) mass is 236 g/mol. The first-order valence-corrected chi connectivity index (χ1v) is 4.69. The highest BCUT2D eigenvalue weighted by atomic mass is 35.5. The topological polar surface area (TPSA) is 109 Å². The second-order valence-corrected chi connectivity index (χ2v) is 3.46. The summed E-state index contributed by atoms with van der Waals surface area (Å²) >= 11 is 5.15. The van der Waals surface area contributed by atoms with Crippen LogP contribution in [0, 0.1) is 0 Å². The molecule has 15 heavy (non-hydrogen) atoms. The van der Waals surface area contributed by atoms with E-state index in [4.69, 9.17) is 22.4 Å². The third kappa shape index (κ3) is 6.03. The van der Waals surface area contributed by atoms with Crippen molar-refractivity contribution in [2.45, 2.75) is 31.8 Å². The van der Waals surface area contributed by atoms with Gasteiger partial charge in [0.1, 0.15) is 6.04 Å². The van der Waals surface area contributed by atoms with E-state index in [9.17, 15) is 14.4 Å². The van der Waals surface area contributed by atoms with Crippen molar-refractivity contribution in [2.75, 3.05) is 0 Å². The minimum atomic E-state index is -1.15. The Morgan fingerprint density at radius 1 is 1.47 bits per heavy atom. The predicted octanol–water partition coefficient (Wildman–Crippen LogP) is -0.551. The van der Waals surface area contributed by atoms with Gasteiger partial charge in [0.25, 0.3) is 0 Å². The molecule has 1 unspecified atom stereocenters. The molecule has 0 aliphatic rings. The Balaban J connectivity index is 4.22. The van der Waals surface area contributed by atoms with Gasteiger partial charge < -0.3 is 10.8 Å². The van der Waals surface area contributed by atoms with Crippen LogP contribution in [-0.2, 0) is 14.4 Å². The van der Waals surface area contributed by atoms with E-state index in [1.165, 1.54) is 6.92 Å². The fourth-order valence-electron chi connectivity index (χ4n) is 0.932. The van der Waals surface area contributed by atoms with E-state index in [0.29, 0.717) is 0 Å². The molecular weight excluding hydrogens is 224 g/mol. The number of carboxylic acid groups (broad SMARTS) is 1. The molecule has 0 aliphatic carbocycles. The first kappa shape index (κ1) is 13.9. The Morgan fingerprint density at radius 3 is 2.33 bits per heavy atom. The van der Waals surface area contributed by atoms with Crippen LogP contribution >= 0.6 is 11.6 Å². The van der Waals surface area contributed by atoms with Gasteiger partial charge in [-0.25, -0.2) is 0 Å². The molecule has 0 rings (SSSR count). The summed E-state index contributed by atoms with van der Waals surface area (Å²) < 4.78 is 0. The van der Waals surface area contributed by atoms with Gasteiger partial charge in [-0.05, 0) is 24.9 Å². The minimum absolute atomic E-state index is 0.0270. The summed E-state index contributed by atoms with van der Waals surface area (Å²) in [6, 6.07) is -1.78. The Labute approximate surface area is 91.8 Å². The molecule has 0 radical (unpaired) electrons. The van der Waals surface area contributed by atoms with Crippen molar-refractivity contribution in [2.24, 2.45) is 5.73 Å². The fourth-order valence-corrected chi connectivity index (χ4v) is 0.995. The summed E-state index contributed by atoms with van der Waals surface area (Å²) in [4.78, 5) is 31.8. The van der Waals surface area contributed by atoms with E-state index in [2.05, 4.69) is 5.32 Å². The molecule has 4 N–H and O–H groups in total. The number of primary amides is 1. The lowest BCUT2D eigenvalue weighted by molar-refractivity contribution is -0.140. The Kier molecular flexibility index (Phi) is 5.88. The standard InChI is InChI=1S/C8H13ClN2O4/c1-4(7(9)13)11-5(8(14)15)2-3-6(10)12/h4-5,11H,2-3H2,1H3,(H2,10,12)(H,14,15)/t4?,5-/m0/s1. The zero-order chi connectivity index (χ0) is 12.0. The summed E-state index contributed by atoms with van der Waals surface area (Å²) in [6.07, 6.45) is -0.0354. The van der Waals surface area contributed by atoms with Gasteiger partial charge >= 0.3 is 5.97 Å². The minimum Gasteiger partial charge on any atom is -0.480 e. The van der Waals surface area contributed by atoms with Gasteiger partial charge in [0.2, 0.25) is 11.1 Å². The average Bonchev–Trinajstić information content (AvgIpc) is 2.10. The number of halogens is 1. The van der Waals surface area contributed by atoms with Crippen molar-refractivity contribution in [1.82, 2.24) is 5.32 Å². The number of aliphatic carboxylic acids is 1. The van der Waals surface area contributed by atoms with Gasteiger partial charge in [-0.3, -0.25) is 19.7 Å². The molecule has 0 aromatic carbocycles. The van der Waals surface area contributed by atoms with Gasteiger partial charge in [-0.1, -0.05) is 0 Å². The molecule has 86 valence electrons. The van der Waals surface area contributed by atoms with E-state index in [1.54, 1.807) is 0 Å². The molecule has 2 atom stereocenters. The number of hydrogen-bond donors (Lipinski definition) is 3. The highest BCUT2D eigenvalue weighted by molar-refractivity contribution is 6.64. The van der Waals surface area contributed by atoms with E-state index >= 15 is 0 Å². The van der Waals surface area contributed by atoms with Crippen molar-refractivity contribution in [3.63, 3.8) is 0 Å². The Hall–Kier alpha value is -1.14. The highest BCUT2D eigenvalue weighted by Crippen LogP contribution is 2.00. The van der Waals surface area contributed by atoms with Crippen molar-refractivity contribution < 1.29 is 19.5 Å². The van der Waals surface area contributed by atoms with Crippen LogP contribution in [0.25, 0.3) is 0 Å². The van der Waals surface area contributed by atoms with Gasteiger partial charge in [0.15, 0.2) is 0 Å². The summed E-state index contributed by atoms with van der Waals surface area (Å²) in [5.41, 5.74) is 4.88. The van der Waals surface area contributed by atoms with Gasteiger partial charge in [-0.2, -0.15) is 0 Å². The number of amides is 1. The molecule has 0 saturated carbocycles. The zero-order valence-corrected chi connectivity index (χ0v) is 8.95. The predicted molar refractivity (Wildman–Crippen MR) is 53.3 cm³/mol. The maximum absolute atomic E-state index is 10.7. The number of carbonyl (C=O) groups is 3. The number of rotatable bonds is 7. The Bertz CT molecular complexity index is 269. The summed E-state index contributed by atoms with van der Waals surface area (Å²) in [7, 11) is 0. The Morgan fingerprint density at radius 2 is 2.00 bits per heavy atom. The van der Waals surface area contributed by atoms with Crippen LogP contribution in [0.5, 0.6) is 0 Å². The van der Waals surface area contributed by atoms with E-state index in [0.717, 1.165) is 0 Å². The number of carboxylic acids is 1. The normalized spacial score (nSPS) is 14.3. The van der Waals surface area contributed by atoms with Crippen molar-refractivity contribution >= 4 is 28.7 Å². The second kappa shape index (κ2) is 6.36. The van der Waals surface area contributed by atoms with Crippen LogP contribution in [0.1, 0.15) is 19.8 Å². The summed E-state index contributed by atoms with van der Waals surface area (Å²) in [5.74, 6) is -1.74. The van der Waals surface area contributed by atoms with E-state index in [1.807, 2.05) is 0 Å². The molecule has 0 saturated heterocycles. The molecule has 0 fully saturated rings. The smallest absolute Gasteiger partial charge is 0.320 e. The molecule has 0 heterocycles. The number of nitrogens with two attached hydrogens (primary N) is 1. The SMILES string of the molecule is CC(N[C@@H](CCC(N)=O)C(=O)O)C(=O)Cl. The van der Waals surface area contributed by atoms with Crippen LogP contribution in [0.15, 0.2) is 0 Å². The molecule has 6 nitrogen and oxygen atoms in total. The zero-order valence-electron chi connectivity index (χ0n) is 8.20. The lowest BCUT2D eigenvalue weighted by Crippen LogP contribution is -2.44. The van der Waals surface area contributed by atoms with Gasteiger partial charge in [0, 0.05) is 6.42 Å². The van der Waals surface area contributed by atoms with Crippen LogP contribution in [0.4, 0.5) is 0 Å². The van der Waals surface area contributed by atoms with Gasteiger partial charge in [-0.15, -0.1) is 0 Å². The van der Waals surface area contributed by atoms with E-state index < -0.39 is 29.2 Å². The quantitative estimate of drug-likeness (QED) is 0.514. The highest BCUT2D eigenvalue weighted by Gasteiger charge is 2.22. The van der Waals surface area contributed by atoms with Crippen LogP contribution in [0.3, 0.4) is 0 Å². The third-order valence-corrected chi connectivity index (χ3v) is 2.10. The van der Waals surface area contributed by atoms with Crippen molar-refractivity contribution in [3.05, 3.63) is 0 Å². The molecule has 0 aromatic heterocycles. The van der Waals surface area contributed by atoms with Crippen LogP contribution < -0.4 is 11.1 Å². The van der Waals surface area contributed by atoms with E-state index in [-0.39, 0.29) is 12.8 Å². The van der Waals surface area contributed by atoms with Crippen molar-refractivity contribution in [3.8, 4) is 0 Å². The molecule has 1 amide bonds. The van der Waals surface area contributed by atoms with Crippen molar-refractivity contribution in [1.29, 1.82) is 0 Å². The molecule has 0 spiro atoms. The third-order valence-electron chi connectivity index (χ3n) is 1.77. The van der Waals surface area contributed by atoms with Crippen LogP contribution in [0.2, 0.25) is 0 Å². The lowest BCUT2D eigenvalue weighted by atomic mass is 10.1. The van der Waals surface area contributed by atoms with Crippen LogP contribution in [-0.4, -0.2) is 34.3 Å². The summed E-state index contributed by atoms with van der Waals surface area (Å²) in [6.45, 7) is 1.44. The molecule has 0 bridgehead atoms. The largest absolute Gasteiger partial charge is 0.480 e. The second-order valence-electron chi connectivity index (χ2n) is 3.09. The number of hydrogen-bond acceptors (Lipinski definition) is 4. The maximum atomic E-state index is 10.7. The fraction of sp³-hybridized carbons (Fsp3) is 0.625. The molecular formula is C8H13ClN2O4. The summed E-state index contributed by atoms with van der Waals surface area (Å²) in [5, 5.41) is 10.5. The molecule has 0 aromatic rings. The average molecular weight is 237 g/mol. The van der Waals surface area contributed by atoms with Gasteiger partial charge in [0.05, 0.1) is 6.04 Å². The first-order valence-electron chi connectivity index (χ1n) is 4.31. The molecule has 0 aliphatic heterocycles. The number of nitrogens with one attached hydrogen (secondary N) is 1. The number of carbonyl (C=O) groups excluding carboxylic acids is 2. The lowest BCUT2D eigenvalue weighted by Gasteiger charge is -2.16.